The molecular formula is C25H36O6. The summed E-state index contributed by atoms with van der Waals surface area (Å²) >= 11 is 0. The van der Waals surface area contributed by atoms with E-state index in [9.17, 15) is 5.11 Å². The van der Waals surface area contributed by atoms with Gasteiger partial charge >= 0.3 is 0 Å². The molecule has 0 aliphatic carbocycles. The number of aliphatic hydroxyl groups is 2. The number of aliphatic hydroxyl groups excluding tert-OH is 2. The molecule has 1 aliphatic heterocycles. The highest BCUT2D eigenvalue weighted by Gasteiger charge is 2.32. The fourth-order valence-electron chi connectivity index (χ4n) is 2.37. The van der Waals surface area contributed by atoms with Crippen LogP contribution in [0.5, 0.6) is 11.5 Å². The third kappa shape index (κ3) is 9.27. The Morgan fingerprint density at radius 2 is 1.52 bits per heavy atom. The van der Waals surface area contributed by atoms with Crippen LogP contribution in [0.3, 0.4) is 0 Å². The Kier molecular flexibility index (Phi) is 3.95. The lowest BCUT2D eigenvalue weighted by Gasteiger charge is -2.17. The van der Waals surface area contributed by atoms with E-state index in [0.717, 1.165) is 36.4 Å². The van der Waals surface area contributed by atoms with Gasteiger partial charge in [0.25, 0.3) is 0 Å². The largest absolute Gasteiger partial charge is 0.491 e. The number of aryl methyl sites for hydroxylation is 4. The van der Waals surface area contributed by atoms with Crippen molar-refractivity contribution >= 4 is 0 Å². The maximum absolute atomic E-state index is 9.33. The molecule has 2 N–H and O–H groups in total. The first-order valence-electron chi connectivity index (χ1n) is 17.2. The van der Waals surface area contributed by atoms with E-state index in [0.29, 0.717) is 0 Å². The van der Waals surface area contributed by atoms with Gasteiger partial charge in [-0.05, 0) is 87.8 Å². The molecule has 0 bridgehead atoms. The Bertz CT molecular complexity index is 1300. The van der Waals surface area contributed by atoms with Gasteiger partial charge in [0.15, 0.2) is 5.79 Å². The van der Waals surface area contributed by atoms with E-state index in [1.165, 1.54) is 0 Å². The average Bonchev–Trinajstić information content (AvgIpc) is 3.26. The zero-order valence-corrected chi connectivity index (χ0v) is 17.1. The van der Waals surface area contributed by atoms with Crippen LogP contribution in [-0.2, 0) is 9.47 Å². The van der Waals surface area contributed by atoms with E-state index >= 15 is 0 Å². The standard InChI is InChI=1S/C14H20O3.C11H16O3/c1-10-5-11(2)7-12(6-10)15-8-13-9-16-14(3,4)17-13;1-8-3-9(2)5-11(4-8)14-7-10(13)6-12/h5-7,13H,8-9H2,1-4H3;3-5,10,12-13H,6-7H2,1-2H3/i1D3,2D3,8D2;1D3,2D3,7D2. The van der Waals surface area contributed by atoms with Crippen LogP contribution in [0.1, 0.15) is 58.0 Å². The zero-order valence-electron chi connectivity index (χ0n) is 33.1. The number of ether oxygens (including phenoxy) is 4. The first kappa shape index (κ1) is 10.7. The molecule has 0 radical (unpaired) electrons. The van der Waals surface area contributed by atoms with Crippen molar-refractivity contribution in [2.75, 3.05) is 26.3 Å². The predicted molar refractivity (Wildman–Crippen MR) is 121 cm³/mol. The molecule has 0 aromatic heterocycles. The van der Waals surface area contributed by atoms with Crippen LogP contribution in [0.4, 0.5) is 0 Å². The fraction of sp³-hybridized carbons (Fsp3) is 0.520. The number of hydrogen-bond donors (Lipinski definition) is 2. The third-order valence-corrected chi connectivity index (χ3v) is 3.62. The molecule has 3 rings (SSSR count). The molecule has 0 saturated carbocycles. The molecule has 1 heterocycles. The van der Waals surface area contributed by atoms with Crippen molar-refractivity contribution in [3.63, 3.8) is 0 Å². The van der Waals surface area contributed by atoms with E-state index in [4.69, 9.17) is 46.0 Å². The Morgan fingerprint density at radius 1 is 1.00 bits per heavy atom. The summed E-state index contributed by atoms with van der Waals surface area (Å²) in [4.78, 5) is 0. The van der Waals surface area contributed by atoms with Crippen molar-refractivity contribution in [2.45, 2.75) is 59.3 Å². The number of hydrogen-bond acceptors (Lipinski definition) is 6. The molecule has 1 aliphatic rings. The molecule has 1 fully saturated rings. The second-order valence-corrected chi connectivity index (χ2v) is 6.95. The summed E-state index contributed by atoms with van der Waals surface area (Å²) in [5, 5.41) is 18.1. The first-order valence-corrected chi connectivity index (χ1v) is 9.18. The lowest BCUT2D eigenvalue weighted by Crippen LogP contribution is -2.25. The molecule has 2 atom stereocenters. The van der Waals surface area contributed by atoms with Gasteiger partial charge in [-0.2, -0.15) is 0 Å². The fourth-order valence-corrected chi connectivity index (χ4v) is 2.37. The third-order valence-electron chi connectivity index (χ3n) is 3.62. The van der Waals surface area contributed by atoms with Crippen LogP contribution in [0, 0.1) is 27.4 Å². The van der Waals surface area contributed by atoms with Gasteiger partial charge in [-0.1, -0.05) is 12.1 Å². The van der Waals surface area contributed by atoms with Crippen LogP contribution in [0.15, 0.2) is 36.4 Å². The smallest absolute Gasteiger partial charge is 0.163 e. The summed E-state index contributed by atoms with van der Waals surface area (Å²) in [5.41, 5.74) is -1.14. The Balaban J connectivity index is 0.000000330. The summed E-state index contributed by atoms with van der Waals surface area (Å²) in [5.74, 6) is -1.53. The summed E-state index contributed by atoms with van der Waals surface area (Å²) in [7, 11) is 0. The molecule has 0 spiro atoms. The minimum absolute atomic E-state index is 0.0505. The maximum atomic E-state index is 9.33. The van der Waals surface area contributed by atoms with Crippen molar-refractivity contribution in [3.8, 4) is 11.5 Å². The summed E-state index contributed by atoms with van der Waals surface area (Å²) in [6, 6.07) is 6.21. The highest BCUT2D eigenvalue weighted by Crippen LogP contribution is 2.23. The van der Waals surface area contributed by atoms with Gasteiger partial charge in [-0.3, -0.25) is 0 Å². The highest BCUT2D eigenvalue weighted by molar-refractivity contribution is 5.33. The summed E-state index contributed by atoms with van der Waals surface area (Å²) in [6.07, 6.45) is -2.92. The maximum Gasteiger partial charge on any atom is 0.163 e. The average molecular weight is 449 g/mol. The molecule has 2 aromatic rings. The van der Waals surface area contributed by atoms with Gasteiger partial charge in [-0.25, -0.2) is 0 Å². The lowest BCUT2D eigenvalue weighted by molar-refractivity contribution is -0.141. The topological polar surface area (TPSA) is 77.4 Å². The Morgan fingerprint density at radius 3 is 1.94 bits per heavy atom. The normalized spacial score (nSPS) is 28.3. The highest BCUT2D eigenvalue weighted by atomic mass is 16.7. The van der Waals surface area contributed by atoms with Crippen LogP contribution in [-0.4, -0.2) is 54.5 Å². The van der Waals surface area contributed by atoms with E-state index in [1.54, 1.807) is 13.8 Å². The van der Waals surface area contributed by atoms with Crippen molar-refractivity contribution in [1.82, 2.24) is 0 Å². The van der Waals surface area contributed by atoms with E-state index in [1.807, 2.05) is 0 Å². The Hall–Kier alpha value is -2.12. The molecule has 6 nitrogen and oxygen atoms in total. The Labute approximate surface area is 208 Å². The van der Waals surface area contributed by atoms with Crippen molar-refractivity contribution < 1.29 is 51.1 Å². The van der Waals surface area contributed by atoms with Gasteiger partial charge in [0, 0.05) is 16.4 Å². The molecule has 0 amide bonds. The molecule has 31 heavy (non-hydrogen) atoms. The van der Waals surface area contributed by atoms with Gasteiger partial charge in [0.2, 0.25) is 0 Å². The van der Waals surface area contributed by atoms with Crippen molar-refractivity contribution in [3.05, 3.63) is 58.7 Å². The van der Waals surface area contributed by atoms with Crippen LogP contribution in [0.2, 0.25) is 0 Å². The molecule has 6 heteroatoms. The van der Waals surface area contributed by atoms with E-state index in [-0.39, 0.29) is 40.4 Å². The summed E-state index contributed by atoms with van der Waals surface area (Å²) in [6.45, 7) is -13.1. The van der Waals surface area contributed by atoms with Crippen molar-refractivity contribution in [1.29, 1.82) is 0 Å². The van der Waals surface area contributed by atoms with E-state index < -0.39 is 65.1 Å². The molecule has 2 aromatic carbocycles. The molecule has 1 saturated heterocycles. The van der Waals surface area contributed by atoms with Gasteiger partial charge in [0.05, 0.1) is 18.7 Å². The number of rotatable bonds is 7. The second-order valence-electron chi connectivity index (χ2n) is 6.95. The predicted octanol–water partition coefficient (Wildman–Crippen LogP) is 3.87. The minimum Gasteiger partial charge on any atom is -0.491 e. The van der Waals surface area contributed by atoms with Gasteiger partial charge in [0.1, 0.15) is 36.8 Å². The molecular weight excluding hydrogens is 396 g/mol. The second kappa shape index (κ2) is 11.5. The van der Waals surface area contributed by atoms with E-state index in [2.05, 4.69) is 0 Å². The first-order chi connectivity index (χ1) is 20.9. The molecule has 2 unspecified atom stereocenters. The van der Waals surface area contributed by atoms with Crippen molar-refractivity contribution in [2.24, 2.45) is 0 Å². The van der Waals surface area contributed by atoms with Crippen LogP contribution < -0.4 is 9.47 Å². The lowest BCUT2D eigenvalue weighted by atomic mass is 10.1. The molecule has 172 valence electrons. The minimum atomic E-state index is -2.71. The van der Waals surface area contributed by atoms with Crippen LogP contribution >= 0.6 is 0 Å². The SMILES string of the molecule is [2H]C([2H])([2H])c1cc(OC([2H])([2H])C(O)CO)cc(C([2H])([2H])[2H])c1.[2H]C([2H])([2H])c1cc(OC([2H])([2H])C2COC(C)(C)O2)cc(C([2H])([2H])[2H])c1. The van der Waals surface area contributed by atoms with Gasteiger partial charge < -0.3 is 29.2 Å². The van der Waals surface area contributed by atoms with Crippen LogP contribution in [0.25, 0.3) is 0 Å². The summed E-state index contributed by atoms with van der Waals surface area (Å²) < 4.78 is 141. The van der Waals surface area contributed by atoms with Gasteiger partial charge in [-0.15, -0.1) is 0 Å². The zero-order chi connectivity index (χ0) is 36.6. The number of benzene rings is 2. The monoisotopic (exact) mass is 448 g/mol. The quantitative estimate of drug-likeness (QED) is 0.670.